The standard InChI is InChI=1S/C12H17NO3/c1-8(2)16-11(15)7-9(3)12-10(14)5-4-6-13-12/h4-6,8-9,14H,7H2,1-3H3. The molecule has 1 unspecified atom stereocenters. The van der Waals surface area contributed by atoms with Crippen molar-refractivity contribution in [2.45, 2.75) is 39.2 Å². The minimum atomic E-state index is -0.271. The molecule has 0 bridgehead atoms. The second kappa shape index (κ2) is 5.49. The molecule has 0 fully saturated rings. The number of aromatic hydroxyl groups is 1. The van der Waals surface area contributed by atoms with Crippen LogP contribution in [0.3, 0.4) is 0 Å². The monoisotopic (exact) mass is 223 g/mol. The maximum atomic E-state index is 11.4. The Labute approximate surface area is 95.3 Å². The lowest BCUT2D eigenvalue weighted by Gasteiger charge is -2.13. The molecule has 88 valence electrons. The molecule has 1 heterocycles. The highest BCUT2D eigenvalue weighted by molar-refractivity contribution is 5.70. The number of hydrogen-bond acceptors (Lipinski definition) is 4. The summed E-state index contributed by atoms with van der Waals surface area (Å²) < 4.78 is 5.03. The van der Waals surface area contributed by atoms with Gasteiger partial charge in [-0.15, -0.1) is 0 Å². The Morgan fingerprint density at radius 1 is 1.50 bits per heavy atom. The third kappa shape index (κ3) is 3.53. The van der Waals surface area contributed by atoms with E-state index in [1.807, 2.05) is 6.92 Å². The first-order valence-electron chi connectivity index (χ1n) is 5.34. The van der Waals surface area contributed by atoms with Crippen LogP contribution in [0.15, 0.2) is 18.3 Å². The van der Waals surface area contributed by atoms with Crippen molar-refractivity contribution in [1.82, 2.24) is 4.98 Å². The highest BCUT2D eigenvalue weighted by Crippen LogP contribution is 2.25. The average Bonchev–Trinajstić information content (AvgIpc) is 2.16. The van der Waals surface area contributed by atoms with Crippen LogP contribution in [-0.2, 0) is 9.53 Å². The summed E-state index contributed by atoms with van der Waals surface area (Å²) in [7, 11) is 0. The number of pyridine rings is 1. The number of ether oxygens (including phenoxy) is 1. The molecule has 0 aliphatic carbocycles. The van der Waals surface area contributed by atoms with Gasteiger partial charge < -0.3 is 9.84 Å². The first-order valence-corrected chi connectivity index (χ1v) is 5.34. The molecule has 1 aromatic heterocycles. The largest absolute Gasteiger partial charge is 0.506 e. The molecule has 4 heteroatoms. The number of carbonyl (C=O) groups is 1. The zero-order valence-corrected chi connectivity index (χ0v) is 9.80. The van der Waals surface area contributed by atoms with Crippen molar-refractivity contribution in [2.24, 2.45) is 0 Å². The van der Waals surface area contributed by atoms with Crippen LogP contribution in [0, 0.1) is 0 Å². The van der Waals surface area contributed by atoms with E-state index in [4.69, 9.17) is 4.74 Å². The van der Waals surface area contributed by atoms with Crippen molar-refractivity contribution in [3.8, 4) is 5.75 Å². The Balaban J connectivity index is 2.62. The third-order valence-electron chi connectivity index (χ3n) is 2.12. The summed E-state index contributed by atoms with van der Waals surface area (Å²) in [6.45, 7) is 5.45. The van der Waals surface area contributed by atoms with Crippen molar-refractivity contribution < 1.29 is 14.6 Å². The Morgan fingerprint density at radius 2 is 2.19 bits per heavy atom. The highest BCUT2D eigenvalue weighted by Gasteiger charge is 2.17. The summed E-state index contributed by atoms with van der Waals surface area (Å²) in [5.41, 5.74) is 0.531. The molecule has 0 saturated heterocycles. The van der Waals surface area contributed by atoms with Crippen LogP contribution >= 0.6 is 0 Å². The first-order chi connectivity index (χ1) is 7.50. The number of nitrogens with zero attached hydrogens (tertiary/aromatic N) is 1. The summed E-state index contributed by atoms with van der Waals surface area (Å²) in [6.07, 6.45) is 1.71. The molecule has 4 nitrogen and oxygen atoms in total. The van der Waals surface area contributed by atoms with E-state index in [0.29, 0.717) is 5.69 Å². The van der Waals surface area contributed by atoms with Crippen LogP contribution in [-0.4, -0.2) is 22.2 Å². The molecule has 16 heavy (non-hydrogen) atoms. The number of esters is 1. The Bertz CT molecular complexity index is 363. The molecular formula is C12H17NO3. The molecule has 1 N–H and O–H groups in total. The molecule has 1 aromatic rings. The summed E-state index contributed by atoms with van der Waals surface area (Å²) in [6, 6.07) is 3.21. The summed E-state index contributed by atoms with van der Waals surface area (Å²) >= 11 is 0. The van der Waals surface area contributed by atoms with E-state index >= 15 is 0 Å². The number of carbonyl (C=O) groups excluding carboxylic acids is 1. The van der Waals surface area contributed by atoms with Crippen molar-refractivity contribution in [3.05, 3.63) is 24.0 Å². The van der Waals surface area contributed by atoms with Crippen LogP contribution < -0.4 is 0 Å². The first kappa shape index (κ1) is 12.5. The second-order valence-electron chi connectivity index (χ2n) is 4.05. The Kier molecular flexibility index (Phi) is 4.28. The maximum absolute atomic E-state index is 11.4. The van der Waals surface area contributed by atoms with Gasteiger partial charge in [-0.2, -0.15) is 0 Å². The third-order valence-corrected chi connectivity index (χ3v) is 2.12. The summed E-state index contributed by atoms with van der Waals surface area (Å²) in [5.74, 6) is -0.299. The van der Waals surface area contributed by atoms with Crippen LogP contribution in [0.25, 0.3) is 0 Å². The van der Waals surface area contributed by atoms with Crippen LogP contribution in [0.2, 0.25) is 0 Å². The van der Waals surface area contributed by atoms with Gasteiger partial charge in [0.1, 0.15) is 5.75 Å². The van der Waals surface area contributed by atoms with Gasteiger partial charge >= 0.3 is 5.97 Å². The predicted molar refractivity (Wildman–Crippen MR) is 60.2 cm³/mol. The lowest BCUT2D eigenvalue weighted by Crippen LogP contribution is -2.14. The SMILES string of the molecule is CC(C)OC(=O)CC(C)c1ncccc1O. The van der Waals surface area contributed by atoms with Gasteiger partial charge in [0.05, 0.1) is 18.2 Å². The van der Waals surface area contributed by atoms with Crippen molar-refractivity contribution in [1.29, 1.82) is 0 Å². The lowest BCUT2D eigenvalue weighted by molar-refractivity contribution is -0.147. The number of rotatable bonds is 4. The van der Waals surface area contributed by atoms with Gasteiger partial charge in [-0.1, -0.05) is 6.92 Å². The topological polar surface area (TPSA) is 59.4 Å². The van der Waals surface area contributed by atoms with Crippen LogP contribution in [0.4, 0.5) is 0 Å². The lowest BCUT2D eigenvalue weighted by atomic mass is 10.0. The van der Waals surface area contributed by atoms with Crippen LogP contribution in [0.5, 0.6) is 5.75 Å². The van der Waals surface area contributed by atoms with Crippen LogP contribution in [0.1, 0.15) is 38.8 Å². The number of hydrogen-bond donors (Lipinski definition) is 1. The van der Waals surface area contributed by atoms with Gasteiger partial charge in [-0.3, -0.25) is 9.78 Å². The van der Waals surface area contributed by atoms with Gasteiger partial charge in [-0.05, 0) is 26.0 Å². The van der Waals surface area contributed by atoms with E-state index in [9.17, 15) is 9.90 Å². The second-order valence-corrected chi connectivity index (χ2v) is 4.05. The highest BCUT2D eigenvalue weighted by atomic mass is 16.5. The fourth-order valence-corrected chi connectivity index (χ4v) is 1.45. The molecule has 1 atom stereocenters. The van der Waals surface area contributed by atoms with Gasteiger partial charge in [0.2, 0.25) is 0 Å². The molecule has 0 saturated carbocycles. The zero-order valence-electron chi connectivity index (χ0n) is 9.80. The minimum absolute atomic E-state index is 0.114. The molecule has 0 radical (unpaired) electrons. The molecule has 0 aromatic carbocycles. The van der Waals surface area contributed by atoms with Gasteiger partial charge in [-0.25, -0.2) is 0 Å². The van der Waals surface area contributed by atoms with E-state index in [1.54, 1.807) is 32.2 Å². The molecule has 0 aliphatic rings. The molecule has 0 amide bonds. The van der Waals surface area contributed by atoms with Crippen molar-refractivity contribution >= 4 is 5.97 Å². The predicted octanol–water partition coefficient (Wildman–Crippen LogP) is 2.23. The van der Waals surface area contributed by atoms with Crippen molar-refractivity contribution in [2.75, 3.05) is 0 Å². The zero-order chi connectivity index (χ0) is 12.1. The van der Waals surface area contributed by atoms with E-state index in [2.05, 4.69) is 4.98 Å². The summed E-state index contributed by atoms with van der Waals surface area (Å²) in [5, 5.41) is 9.56. The molecule has 0 aliphatic heterocycles. The number of aromatic nitrogens is 1. The average molecular weight is 223 g/mol. The van der Waals surface area contributed by atoms with E-state index in [1.165, 1.54) is 0 Å². The van der Waals surface area contributed by atoms with Gasteiger partial charge in [0.15, 0.2) is 0 Å². The van der Waals surface area contributed by atoms with Gasteiger partial charge in [0, 0.05) is 12.1 Å². The van der Waals surface area contributed by atoms with Gasteiger partial charge in [0.25, 0.3) is 0 Å². The Morgan fingerprint density at radius 3 is 2.75 bits per heavy atom. The smallest absolute Gasteiger partial charge is 0.306 e. The quantitative estimate of drug-likeness (QED) is 0.795. The van der Waals surface area contributed by atoms with Crippen molar-refractivity contribution in [3.63, 3.8) is 0 Å². The van der Waals surface area contributed by atoms with E-state index in [0.717, 1.165) is 0 Å². The normalized spacial score (nSPS) is 12.5. The fourth-order valence-electron chi connectivity index (χ4n) is 1.45. The Hall–Kier alpha value is -1.58. The summed E-state index contributed by atoms with van der Waals surface area (Å²) in [4.78, 5) is 15.5. The van der Waals surface area contributed by atoms with E-state index < -0.39 is 0 Å². The molecule has 0 spiro atoms. The minimum Gasteiger partial charge on any atom is -0.506 e. The molecule has 1 rings (SSSR count). The fraction of sp³-hybridized carbons (Fsp3) is 0.500. The molecular weight excluding hydrogens is 206 g/mol. The van der Waals surface area contributed by atoms with E-state index in [-0.39, 0.29) is 30.2 Å². The maximum Gasteiger partial charge on any atom is 0.306 e.